The average molecular weight is 427 g/mol. The zero-order valence-electron chi connectivity index (χ0n) is 15.1. The van der Waals surface area contributed by atoms with Crippen LogP contribution in [0.5, 0.6) is 0 Å². The number of rotatable bonds is 4. The molecule has 0 amide bonds. The minimum atomic E-state index is -5.00. The van der Waals surface area contributed by atoms with Gasteiger partial charge in [0.05, 0.1) is 21.3 Å². The number of non-ortho nitro benzene ring substituents is 1. The number of nitrogens with one attached hydrogen (secondary N) is 1. The average Bonchev–Trinajstić information content (AvgIpc) is 2.70. The molecule has 0 aliphatic heterocycles. The lowest BCUT2D eigenvalue weighted by molar-refractivity contribution is -0.382. The quantitative estimate of drug-likeness (QED) is 0.148. The molecule has 4 rings (SSSR count). The number of nitro benzene ring substituents is 1. The van der Waals surface area contributed by atoms with E-state index in [1.165, 1.54) is 24.3 Å². The van der Waals surface area contributed by atoms with E-state index in [-0.39, 0.29) is 33.1 Å². The van der Waals surface area contributed by atoms with Crippen molar-refractivity contribution in [3.63, 3.8) is 0 Å². The highest BCUT2D eigenvalue weighted by Crippen LogP contribution is 2.53. The summed E-state index contributed by atoms with van der Waals surface area (Å²) in [4.78, 5) is 58.6. The third-order valence-electron chi connectivity index (χ3n) is 4.75. The summed E-state index contributed by atoms with van der Waals surface area (Å²) < 4.78 is 13.2. The summed E-state index contributed by atoms with van der Waals surface area (Å²) in [5.41, 5.74) is -2.63. The van der Waals surface area contributed by atoms with Gasteiger partial charge in [0, 0.05) is 11.5 Å². The van der Waals surface area contributed by atoms with Crippen molar-refractivity contribution in [2.45, 2.75) is 5.78 Å². The van der Waals surface area contributed by atoms with Gasteiger partial charge in [-0.2, -0.15) is 0 Å². The van der Waals surface area contributed by atoms with E-state index in [1.54, 1.807) is 30.3 Å². The molecule has 0 radical (unpaired) electrons. The van der Waals surface area contributed by atoms with Crippen LogP contribution in [0.25, 0.3) is 21.8 Å². The number of nitro groups is 1. The van der Waals surface area contributed by atoms with Crippen LogP contribution in [0.2, 0.25) is 0 Å². The van der Waals surface area contributed by atoms with Crippen LogP contribution in [0.4, 0.5) is 5.69 Å². The maximum Gasteiger partial charge on any atom is 0.352 e. The fourth-order valence-electron chi connectivity index (χ4n) is 3.59. The summed E-state index contributed by atoms with van der Waals surface area (Å²) in [6.45, 7) is 0. The second-order valence-corrected chi connectivity index (χ2v) is 8.26. The van der Waals surface area contributed by atoms with E-state index in [0.717, 1.165) is 10.6 Å². The van der Waals surface area contributed by atoms with Gasteiger partial charge < -0.3 is 14.8 Å². The maximum absolute atomic E-state index is 12.8. The minimum absolute atomic E-state index is 0.0158. The normalized spacial score (nSPS) is 12.9. The van der Waals surface area contributed by atoms with Gasteiger partial charge in [-0.3, -0.25) is 28.8 Å². The largest absolute Gasteiger partial charge is 0.352 e. The Bertz CT molecular complexity index is 1470. The zero-order valence-corrected chi connectivity index (χ0v) is 16.0. The minimum Gasteiger partial charge on any atom is -0.323 e. The van der Waals surface area contributed by atoms with Gasteiger partial charge >= 0.3 is 18.7 Å². The number of benzene rings is 3. The molecule has 0 aliphatic rings. The van der Waals surface area contributed by atoms with Crippen LogP contribution >= 0.6 is 7.60 Å². The molecule has 1 aromatic heterocycles. The standard InChI is InChI=1S/C19H14N3O7P/c23-17-18(24)21(19(30(27,28)29)11-6-2-1-3-7-11)16-13-9-5-4-8-12(13)15(22(25)26)10-14(16)20-17/h1-10,19H,(H,20,23)(H2,27,28,29). The second-order valence-electron chi connectivity index (χ2n) is 6.60. The molecule has 3 N–H and O–H groups in total. The number of fused-ring (bicyclic) bond motifs is 3. The molecule has 152 valence electrons. The van der Waals surface area contributed by atoms with Crippen molar-refractivity contribution in [3.8, 4) is 0 Å². The van der Waals surface area contributed by atoms with Crippen LogP contribution in [0, 0.1) is 10.1 Å². The molecule has 0 bridgehead atoms. The number of nitrogens with zero attached hydrogens (tertiary/aromatic N) is 2. The fourth-order valence-corrected chi connectivity index (χ4v) is 4.67. The molecule has 0 saturated heterocycles. The third-order valence-corrected chi connectivity index (χ3v) is 5.92. The Balaban J connectivity index is 2.28. The number of aromatic amines is 1. The second kappa shape index (κ2) is 7.03. The van der Waals surface area contributed by atoms with E-state index in [4.69, 9.17) is 0 Å². The molecule has 3 aromatic carbocycles. The van der Waals surface area contributed by atoms with Gasteiger partial charge in [-0.25, -0.2) is 0 Å². The Morgan fingerprint density at radius 1 is 1.00 bits per heavy atom. The Labute approximate surface area is 167 Å². The van der Waals surface area contributed by atoms with Gasteiger partial charge in [0.1, 0.15) is 0 Å². The molecular formula is C19H14N3O7P. The van der Waals surface area contributed by atoms with Crippen LogP contribution in [0.3, 0.4) is 0 Å². The molecule has 0 aliphatic carbocycles. The fraction of sp³-hybridized carbons (Fsp3) is 0.0526. The molecule has 1 atom stereocenters. The highest BCUT2D eigenvalue weighted by Gasteiger charge is 2.35. The van der Waals surface area contributed by atoms with Gasteiger partial charge in [-0.05, 0) is 11.6 Å². The van der Waals surface area contributed by atoms with E-state index in [2.05, 4.69) is 4.98 Å². The topological polar surface area (TPSA) is 156 Å². The van der Waals surface area contributed by atoms with Crippen LogP contribution in [-0.4, -0.2) is 24.3 Å². The smallest absolute Gasteiger partial charge is 0.323 e. The molecule has 11 heteroatoms. The van der Waals surface area contributed by atoms with Gasteiger partial charge in [0.15, 0.2) is 5.78 Å². The van der Waals surface area contributed by atoms with Crippen LogP contribution in [-0.2, 0) is 4.57 Å². The molecular weight excluding hydrogens is 413 g/mol. The Kier molecular flexibility index (Phi) is 4.62. The first kappa shape index (κ1) is 19.7. The number of aromatic nitrogens is 2. The lowest BCUT2D eigenvalue weighted by Gasteiger charge is -2.23. The van der Waals surface area contributed by atoms with Crippen molar-refractivity contribution in [1.82, 2.24) is 9.55 Å². The Hall–Kier alpha value is -3.59. The first-order valence-electron chi connectivity index (χ1n) is 8.65. The summed E-state index contributed by atoms with van der Waals surface area (Å²) >= 11 is 0. The van der Waals surface area contributed by atoms with Crippen molar-refractivity contribution in [2.75, 3.05) is 0 Å². The molecule has 0 saturated carbocycles. The summed E-state index contributed by atoms with van der Waals surface area (Å²) in [5, 5.41) is 11.9. The molecule has 0 spiro atoms. The lowest BCUT2D eigenvalue weighted by Crippen LogP contribution is -2.38. The Morgan fingerprint density at radius 2 is 1.60 bits per heavy atom. The zero-order chi connectivity index (χ0) is 21.6. The summed E-state index contributed by atoms with van der Waals surface area (Å²) in [5.74, 6) is -1.79. The van der Waals surface area contributed by atoms with Crippen molar-refractivity contribution < 1.29 is 19.3 Å². The van der Waals surface area contributed by atoms with E-state index in [1.807, 2.05) is 0 Å². The summed E-state index contributed by atoms with van der Waals surface area (Å²) in [6.07, 6.45) is 0. The summed E-state index contributed by atoms with van der Waals surface area (Å²) in [7, 11) is -5.00. The highest BCUT2D eigenvalue weighted by molar-refractivity contribution is 7.52. The van der Waals surface area contributed by atoms with Crippen molar-refractivity contribution in [3.05, 3.63) is 97.0 Å². The maximum atomic E-state index is 12.8. The molecule has 10 nitrogen and oxygen atoms in total. The number of H-pyrrole nitrogens is 1. The molecule has 1 heterocycles. The van der Waals surface area contributed by atoms with Crippen molar-refractivity contribution >= 4 is 35.1 Å². The SMILES string of the molecule is O=c1[nH]c2cc([N+](=O)[O-])c3ccccc3c2n(C(c2ccccc2)P(=O)(O)O)c1=O. The predicted octanol–water partition coefficient (Wildman–Crippen LogP) is 2.48. The first-order valence-corrected chi connectivity index (χ1v) is 10.3. The Morgan fingerprint density at radius 3 is 2.20 bits per heavy atom. The summed E-state index contributed by atoms with van der Waals surface area (Å²) in [6, 6.07) is 14.7. The van der Waals surface area contributed by atoms with Gasteiger partial charge in [0.2, 0.25) is 0 Å². The van der Waals surface area contributed by atoms with Gasteiger partial charge in [0.25, 0.3) is 5.69 Å². The van der Waals surface area contributed by atoms with E-state index >= 15 is 0 Å². The number of hydrogen-bond acceptors (Lipinski definition) is 5. The first-order chi connectivity index (χ1) is 14.2. The van der Waals surface area contributed by atoms with E-state index in [9.17, 15) is 34.1 Å². The number of hydrogen-bond donors (Lipinski definition) is 3. The van der Waals surface area contributed by atoms with Crippen LogP contribution in [0.15, 0.2) is 70.3 Å². The van der Waals surface area contributed by atoms with Gasteiger partial charge in [-0.1, -0.05) is 48.5 Å². The molecule has 30 heavy (non-hydrogen) atoms. The van der Waals surface area contributed by atoms with Crippen molar-refractivity contribution in [1.29, 1.82) is 0 Å². The predicted molar refractivity (Wildman–Crippen MR) is 110 cm³/mol. The van der Waals surface area contributed by atoms with Crippen LogP contribution in [0.1, 0.15) is 11.3 Å². The molecule has 0 fully saturated rings. The molecule has 4 aromatic rings. The lowest BCUT2D eigenvalue weighted by atomic mass is 10.1. The van der Waals surface area contributed by atoms with E-state index in [0.29, 0.717) is 0 Å². The van der Waals surface area contributed by atoms with E-state index < -0.39 is 29.4 Å². The monoisotopic (exact) mass is 427 g/mol. The third kappa shape index (κ3) is 3.13. The van der Waals surface area contributed by atoms with Crippen molar-refractivity contribution in [2.24, 2.45) is 0 Å². The highest BCUT2D eigenvalue weighted by atomic mass is 31.2. The van der Waals surface area contributed by atoms with Crippen LogP contribution < -0.4 is 11.1 Å². The molecule has 1 unspecified atom stereocenters. The van der Waals surface area contributed by atoms with Gasteiger partial charge in [-0.15, -0.1) is 0 Å².